The molecule has 21 heavy (non-hydrogen) atoms. The third kappa shape index (κ3) is 3.75. The summed E-state index contributed by atoms with van der Waals surface area (Å²) in [6.45, 7) is 0. The zero-order chi connectivity index (χ0) is 15.6. The van der Waals surface area contributed by atoms with Gasteiger partial charge < -0.3 is 9.84 Å². The fraction of sp³-hybridized carbons (Fsp3) is 0.0714. The van der Waals surface area contributed by atoms with Gasteiger partial charge in [-0.2, -0.15) is 13.2 Å². The summed E-state index contributed by atoms with van der Waals surface area (Å²) in [6.07, 6.45) is -4.56. The number of hydrogen-bond donors (Lipinski definition) is 1. The first-order valence-electron chi connectivity index (χ1n) is 5.65. The summed E-state index contributed by atoms with van der Waals surface area (Å²) in [5, 5.41) is 8.75. The molecule has 0 heterocycles. The third-order valence-electron chi connectivity index (χ3n) is 2.58. The van der Waals surface area contributed by atoms with Crippen LogP contribution in [0.25, 0.3) is 0 Å². The van der Waals surface area contributed by atoms with E-state index in [0.29, 0.717) is 0 Å². The monoisotopic (exact) mass is 360 g/mol. The normalized spacial score (nSPS) is 11.2. The molecule has 2 aromatic rings. The van der Waals surface area contributed by atoms with E-state index in [0.717, 1.165) is 6.07 Å². The van der Waals surface area contributed by atoms with E-state index in [2.05, 4.69) is 15.9 Å². The maximum atomic E-state index is 12.9. The molecule has 0 bridgehead atoms. The predicted molar refractivity (Wildman–Crippen MR) is 72.6 cm³/mol. The van der Waals surface area contributed by atoms with Gasteiger partial charge in [0.15, 0.2) is 0 Å². The van der Waals surface area contributed by atoms with Crippen molar-refractivity contribution in [2.45, 2.75) is 6.18 Å². The fourth-order valence-corrected chi connectivity index (χ4v) is 1.97. The van der Waals surface area contributed by atoms with Gasteiger partial charge >= 0.3 is 12.1 Å². The molecule has 110 valence electrons. The Bertz CT molecular complexity index is 666. The van der Waals surface area contributed by atoms with Crippen molar-refractivity contribution in [3.8, 4) is 11.5 Å². The molecule has 0 aliphatic heterocycles. The Morgan fingerprint density at radius 3 is 2.24 bits per heavy atom. The van der Waals surface area contributed by atoms with Crippen molar-refractivity contribution in [3.05, 3.63) is 58.1 Å². The van der Waals surface area contributed by atoms with E-state index in [9.17, 15) is 18.0 Å². The molecular formula is C14H8BrF3O3. The van der Waals surface area contributed by atoms with Crippen LogP contribution in [0.4, 0.5) is 13.2 Å². The third-order valence-corrected chi connectivity index (χ3v) is 3.07. The lowest BCUT2D eigenvalue weighted by Crippen LogP contribution is -2.07. The Hall–Kier alpha value is -2.02. The Morgan fingerprint density at radius 1 is 1.10 bits per heavy atom. The Labute approximate surface area is 126 Å². The van der Waals surface area contributed by atoms with Crippen molar-refractivity contribution in [1.29, 1.82) is 0 Å². The highest BCUT2D eigenvalue weighted by Crippen LogP contribution is 2.39. The summed E-state index contributed by atoms with van der Waals surface area (Å²) in [6, 6.07) is 8.64. The van der Waals surface area contributed by atoms with Crippen molar-refractivity contribution >= 4 is 21.9 Å². The average molecular weight is 361 g/mol. The second kappa shape index (κ2) is 5.77. The van der Waals surface area contributed by atoms with Gasteiger partial charge in [-0.3, -0.25) is 0 Å². The number of aromatic carboxylic acids is 1. The molecule has 1 N–H and O–H groups in total. The number of ether oxygens (including phenoxy) is 1. The van der Waals surface area contributed by atoms with Gasteiger partial charge in [0.25, 0.3) is 0 Å². The van der Waals surface area contributed by atoms with Crippen molar-refractivity contribution in [1.82, 2.24) is 0 Å². The predicted octanol–water partition coefficient (Wildman–Crippen LogP) is 4.96. The van der Waals surface area contributed by atoms with Crippen molar-refractivity contribution < 1.29 is 27.8 Å². The second-order valence-electron chi connectivity index (χ2n) is 4.07. The largest absolute Gasteiger partial charge is 0.478 e. The van der Waals surface area contributed by atoms with E-state index < -0.39 is 17.7 Å². The van der Waals surface area contributed by atoms with Gasteiger partial charge in [0, 0.05) is 4.47 Å². The van der Waals surface area contributed by atoms with E-state index >= 15 is 0 Å². The van der Waals surface area contributed by atoms with Gasteiger partial charge in [0.1, 0.15) is 11.5 Å². The number of alkyl halides is 3. The van der Waals surface area contributed by atoms with E-state index in [1.807, 2.05) is 0 Å². The first kappa shape index (κ1) is 15.4. The summed E-state index contributed by atoms with van der Waals surface area (Å²) < 4.78 is 44.2. The SMILES string of the molecule is O=C(O)c1ccc(Oc2ccc(Br)cc2C(F)(F)F)cc1. The van der Waals surface area contributed by atoms with Gasteiger partial charge in [0.05, 0.1) is 11.1 Å². The van der Waals surface area contributed by atoms with Crippen LogP contribution >= 0.6 is 15.9 Å². The van der Waals surface area contributed by atoms with Crippen LogP contribution in [-0.2, 0) is 6.18 Å². The Kier molecular flexibility index (Phi) is 4.22. The number of halogens is 4. The van der Waals surface area contributed by atoms with Gasteiger partial charge in [-0.15, -0.1) is 0 Å². The molecule has 0 aliphatic rings. The summed E-state index contributed by atoms with van der Waals surface area (Å²) in [4.78, 5) is 10.7. The standard InChI is InChI=1S/C14H8BrF3O3/c15-9-3-6-12(11(7-9)14(16,17)18)21-10-4-1-8(2-5-10)13(19)20/h1-7H,(H,19,20). The molecule has 0 atom stereocenters. The minimum atomic E-state index is -4.56. The van der Waals surface area contributed by atoms with Crippen LogP contribution < -0.4 is 4.74 Å². The van der Waals surface area contributed by atoms with Crippen LogP contribution in [-0.4, -0.2) is 11.1 Å². The first-order valence-corrected chi connectivity index (χ1v) is 6.44. The summed E-state index contributed by atoms with van der Waals surface area (Å²) >= 11 is 2.98. The average Bonchev–Trinajstić information content (AvgIpc) is 2.40. The molecule has 3 nitrogen and oxygen atoms in total. The van der Waals surface area contributed by atoms with Gasteiger partial charge in [-0.25, -0.2) is 4.79 Å². The highest BCUT2D eigenvalue weighted by atomic mass is 79.9. The first-order chi connectivity index (χ1) is 9.77. The highest BCUT2D eigenvalue weighted by Gasteiger charge is 2.34. The molecule has 0 amide bonds. The molecule has 0 aliphatic carbocycles. The van der Waals surface area contributed by atoms with Gasteiger partial charge in [-0.1, -0.05) is 15.9 Å². The lowest BCUT2D eigenvalue weighted by molar-refractivity contribution is -0.138. The van der Waals surface area contributed by atoms with Crippen LogP contribution in [0.15, 0.2) is 46.9 Å². The van der Waals surface area contributed by atoms with Crippen LogP contribution in [0, 0.1) is 0 Å². The van der Waals surface area contributed by atoms with E-state index in [4.69, 9.17) is 9.84 Å². The molecule has 0 saturated heterocycles. The van der Waals surface area contributed by atoms with E-state index in [1.54, 1.807) is 0 Å². The molecule has 0 saturated carbocycles. The Balaban J connectivity index is 2.33. The van der Waals surface area contributed by atoms with Crippen molar-refractivity contribution in [2.24, 2.45) is 0 Å². The number of benzene rings is 2. The molecule has 0 unspecified atom stereocenters. The summed E-state index contributed by atoms with van der Waals surface area (Å²) in [5.74, 6) is -1.36. The topological polar surface area (TPSA) is 46.5 Å². The highest BCUT2D eigenvalue weighted by molar-refractivity contribution is 9.10. The number of carbonyl (C=O) groups is 1. The van der Waals surface area contributed by atoms with Crippen LogP contribution in [0.5, 0.6) is 11.5 Å². The second-order valence-corrected chi connectivity index (χ2v) is 4.99. The molecule has 0 spiro atoms. The lowest BCUT2D eigenvalue weighted by atomic mass is 10.2. The summed E-state index contributed by atoms with van der Waals surface area (Å²) in [7, 11) is 0. The smallest absolute Gasteiger partial charge is 0.420 e. The Morgan fingerprint density at radius 2 is 1.71 bits per heavy atom. The molecule has 0 fully saturated rings. The van der Waals surface area contributed by atoms with E-state index in [-0.39, 0.29) is 21.5 Å². The zero-order valence-electron chi connectivity index (χ0n) is 10.3. The number of carboxylic acid groups (broad SMARTS) is 1. The zero-order valence-corrected chi connectivity index (χ0v) is 11.9. The molecule has 0 radical (unpaired) electrons. The van der Waals surface area contributed by atoms with Crippen LogP contribution in [0.2, 0.25) is 0 Å². The van der Waals surface area contributed by atoms with Crippen LogP contribution in [0.3, 0.4) is 0 Å². The molecule has 7 heteroatoms. The molecular weight excluding hydrogens is 353 g/mol. The molecule has 2 rings (SSSR count). The maximum absolute atomic E-state index is 12.9. The number of carboxylic acids is 1. The minimum absolute atomic E-state index is 0.0224. The fourth-order valence-electron chi connectivity index (χ4n) is 1.61. The van der Waals surface area contributed by atoms with E-state index in [1.165, 1.54) is 36.4 Å². The molecule has 0 aromatic heterocycles. The maximum Gasteiger partial charge on any atom is 0.420 e. The summed E-state index contributed by atoms with van der Waals surface area (Å²) in [5.41, 5.74) is -0.895. The van der Waals surface area contributed by atoms with Crippen LogP contribution in [0.1, 0.15) is 15.9 Å². The van der Waals surface area contributed by atoms with Gasteiger partial charge in [-0.05, 0) is 42.5 Å². The molecule has 2 aromatic carbocycles. The van der Waals surface area contributed by atoms with Gasteiger partial charge in [0.2, 0.25) is 0 Å². The number of hydrogen-bond acceptors (Lipinski definition) is 2. The lowest BCUT2D eigenvalue weighted by Gasteiger charge is -2.14. The quantitative estimate of drug-likeness (QED) is 0.841. The number of rotatable bonds is 3. The minimum Gasteiger partial charge on any atom is -0.478 e. The van der Waals surface area contributed by atoms with Crippen molar-refractivity contribution in [2.75, 3.05) is 0 Å². The van der Waals surface area contributed by atoms with Crippen molar-refractivity contribution in [3.63, 3.8) is 0 Å².